The van der Waals surface area contributed by atoms with Crippen molar-refractivity contribution < 1.29 is 18.7 Å². The van der Waals surface area contributed by atoms with E-state index in [1.807, 2.05) is 6.20 Å². The predicted octanol–water partition coefficient (Wildman–Crippen LogP) is 3.74. The molecule has 4 aromatic rings. The summed E-state index contributed by atoms with van der Waals surface area (Å²) in [7, 11) is 1.80. The van der Waals surface area contributed by atoms with Crippen LogP contribution in [0, 0.1) is 11.2 Å². The van der Waals surface area contributed by atoms with Crippen molar-refractivity contribution in [2.45, 2.75) is 12.8 Å². The highest BCUT2D eigenvalue weighted by molar-refractivity contribution is 6.16. The van der Waals surface area contributed by atoms with Crippen molar-refractivity contribution in [1.82, 2.24) is 19.7 Å². The lowest BCUT2D eigenvalue weighted by atomic mass is 10.0. The summed E-state index contributed by atoms with van der Waals surface area (Å²) in [6, 6.07) is 10.7. The summed E-state index contributed by atoms with van der Waals surface area (Å²) in [5.74, 6) is -1.52. The van der Waals surface area contributed by atoms with Crippen LogP contribution in [-0.4, -0.2) is 31.6 Å². The quantitative estimate of drug-likeness (QED) is 0.410. The number of nitrogens with two attached hydrogens (primary N) is 1. The molecule has 0 bridgehead atoms. The van der Waals surface area contributed by atoms with Crippen LogP contribution in [0.4, 0.5) is 15.8 Å². The van der Waals surface area contributed by atoms with Crippen molar-refractivity contribution in [1.29, 1.82) is 0 Å². The maximum Gasteiger partial charge on any atom is 0.247 e. The second-order valence-electron chi connectivity index (χ2n) is 8.29. The second kappa shape index (κ2) is 8.64. The zero-order valence-electron chi connectivity index (χ0n) is 18.8. The highest BCUT2D eigenvalue weighted by Crippen LogP contribution is 2.49. The van der Waals surface area contributed by atoms with Crippen LogP contribution in [0.3, 0.4) is 0 Å². The molecule has 1 aliphatic rings. The number of rotatable bonds is 7. The SMILES string of the molecule is Cn1cc(-c2cc(Oc3ccc(N(C(=O)C4(C(N)=O)CC4)c4ccncc4)cc3F)ccn2)cn1. The molecule has 1 fully saturated rings. The normalized spacial score (nSPS) is 13.8. The predicted molar refractivity (Wildman–Crippen MR) is 125 cm³/mol. The molecule has 1 aliphatic carbocycles. The van der Waals surface area contributed by atoms with Crippen LogP contribution < -0.4 is 15.4 Å². The molecule has 176 valence electrons. The number of aryl methyl sites for hydroxylation is 1. The molecule has 0 aliphatic heterocycles. The Morgan fingerprint density at radius 2 is 1.86 bits per heavy atom. The number of amides is 2. The summed E-state index contributed by atoms with van der Waals surface area (Å²) in [6.07, 6.45) is 8.77. The average Bonchev–Trinajstić information content (AvgIpc) is 3.57. The van der Waals surface area contributed by atoms with Crippen molar-refractivity contribution in [2.24, 2.45) is 18.2 Å². The fourth-order valence-electron chi connectivity index (χ4n) is 3.81. The lowest BCUT2D eigenvalue weighted by molar-refractivity contribution is -0.133. The van der Waals surface area contributed by atoms with Gasteiger partial charge in [-0.05, 0) is 43.2 Å². The number of aromatic nitrogens is 4. The van der Waals surface area contributed by atoms with Gasteiger partial charge in [-0.25, -0.2) is 4.39 Å². The maximum atomic E-state index is 15.2. The number of halogens is 1. The van der Waals surface area contributed by atoms with E-state index >= 15 is 4.39 Å². The van der Waals surface area contributed by atoms with E-state index in [-0.39, 0.29) is 11.4 Å². The monoisotopic (exact) mass is 472 g/mol. The Morgan fingerprint density at radius 1 is 1.09 bits per heavy atom. The number of hydrogen-bond donors (Lipinski definition) is 1. The molecular formula is C25H21FN6O3. The highest BCUT2D eigenvalue weighted by Gasteiger charge is 2.57. The van der Waals surface area contributed by atoms with Crippen LogP contribution in [0.2, 0.25) is 0 Å². The summed E-state index contributed by atoms with van der Waals surface area (Å²) in [6.45, 7) is 0. The third kappa shape index (κ3) is 4.21. The minimum Gasteiger partial charge on any atom is -0.454 e. The molecule has 0 spiro atoms. The average molecular weight is 472 g/mol. The molecule has 3 heterocycles. The fourth-order valence-corrected chi connectivity index (χ4v) is 3.81. The van der Waals surface area contributed by atoms with Crippen molar-refractivity contribution in [2.75, 3.05) is 4.90 Å². The van der Waals surface area contributed by atoms with Gasteiger partial charge in [0, 0.05) is 49.5 Å². The molecule has 1 saturated carbocycles. The molecule has 9 nitrogen and oxygen atoms in total. The first-order valence-electron chi connectivity index (χ1n) is 10.8. The first-order chi connectivity index (χ1) is 16.9. The van der Waals surface area contributed by atoms with E-state index in [0.29, 0.717) is 30.0 Å². The molecule has 3 aromatic heterocycles. The molecule has 1 aromatic carbocycles. The molecular weight excluding hydrogens is 451 g/mol. The van der Waals surface area contributed by atoms with Crippen LogP contribution in [0.15, 0.2) is 73.4 Å². The molecule has 10 heteroatoms. The Morgan fingerprint density at radius 3 is 2.49 bits per heavy atom. The molecule has 0 radical (unpaired) electrons. The molecule has 2 amide bonds. The summed E-state index contributed by atoms with van der Waals surface area (Å²) in [4.78, 5) is 34.9. The fraction of sp³-hybridized carbons (Fsp3) is 0.160. The number of carbonyl (C=O) groups is 2. The van der Waals surface area contributed by atoms with E-state index in [1.54, 1.807) is 54.5 Å². The molecule has 0 atom stereocenters. The second-order valence-corrected chi connectivity index (χ2v) is 8.29. The summed E-state index contributed by atoms with van der Waals surface area (Å²) < 4.78 is 22.6. The van der Waals surface area contributed by atoms with Crippen molar-refractivity contribution in [3.05, 3.63) is 79.3 Å². The van der Waals surface area contributed by atoms with E-state index in [0.717, 1.165) is 5.56 Å². The Balaban J connectivity index is 1.45. The Hall–Kier alpha value is -4.60. The number of ether oxygens (including phenoxy) is 1. The number of nitrogens with zero attached hydrogens (tertiary/aromatic N) is 5. The third-order valence-corrected chi connectivity index (χ3v) is 5.89. The summed E-state index contributed by atoms with van der Waals surface area (Å²) >= 11 is 0. The van der Waals surface area contributed by atoms with Gasteiger partial charge in [0.15, 0.2) is 11.6 Å². The standard InChI is InChI=1S/C25H21FN6O3/c1-31-15-16(14-30-31)21-13-19(6-11-29-21)35-22-3-2-18(12-20(22)26)32(17-4-9-28-10-5-17)24(34)25(7-8-25)23(27)33/h2-6,9-15H,7-8H2,1H3,(H2,27,33). The van der Waals surface area contributed by atoms with Gasteiger partial charge in [0.2, 0.25) is 11.8 Å². The molecule has 2 N–H and O–H groups in total. The van der Waals surface area contributed by atoms with Gasteiger partial charge < -0.3 is 10.5 Å². The highest BCUT2D eigenvalue weighted by atomic mass is 19.1. The number of pyridine rings is 2. The van der Waals surface area contributed by atoms with Crippen LogP contribution >= 0.6 is 0 Å². The number of hydrogen-bond acceptors (Lipinski definition) is 6. The number of benzene rings is 1. The maximum absolute atomic E-state index is 15.2. The van der Waals surface area contributed by atoms with Gasteiger partial charge in [0.25, 0.3) is 0 Å². The van der Waals surface area contributed by atoms with Gasteiger partial charge in [-0.2, -0.15) is 5.10 Å². The minimum atomic E-state index is -1.28. The number of anilines is 2. The summed E-state index contributed by atoms with van der Waals surface area (Å²) in [5, 5.41) is 4.13. The number of carbonyl (C=O) groups excluding carboxylic acids is 2. The van der Waals surface area contributed by atoms with E-state index in [4.69, 9.17) is 10.5 Å². The largest absolute Gasteiger partial charge is 0.454 e. The molecule has 0 saturated heterocycles. The Kier molecular flexibility index (Phi) is 5.48. The first kappa shape index (κ1) is 22.2. The van der Waals surface area contributed by atoms with E-state index < -0.39 is 23.0 Å². The lowest BCUT2D eigenvalue weighted by Gasteiger charge is -2.26. The van der Waals surface area contributed by atoms with Gasteiger partial charge >= 0.3 is 0 Å². The zero-order chi connectivity index (χ0) is 24.6. The molecule has 0 unspecified atom stereocenters. The van der Waals surface area contributed by atoms with Crippen molar-refractivity contribution >= 4 is 23.2 Å². The number of primary amides is 1. The van der Waals surface area contributed by atoms with E-state index in [9.17, 15) is 9.59 Å². The van der Waals surface area contributed by atoms with Crippen molar-refractivity contribution in [3.63, 3.8) is 0 Å². The molecule has 5 rings (SSSR count). The van der Waals surface area contributed by atoms with E-state index in [2.05, 4.69) is 15.1 Å². The van der Waals surface area contributed by atoms with Gasteiger partial charge in [-0.1, -0.05) is 0 Å². The lowest BCUT2D eigenvalue weighted by Crippen LogP contribution is -2.41. The van der Waals surface area contributed by atoms with Gasteiger partial charge in [0.05, 0.1) is 23.3 Å². The smallest absolute Gasteiger partial charge is 0.247 e. The van der Waals surface area contributed by atoms with Gasteiger partial charge in [0.1, 0.15) is 11.2 Å². The molecule has 35 heavy (non-hydrogen) atoms. The first-order valence-corrected chi connectivity index (χ1v) is 10.8. The Bertz CT molecular complexity index is 1420. The van der Waals surface area contributed by atoms with Crippen LogP contribution in [0.25, 0.3) is 11.3 Å². The van der Waals surface area contributed by atoms with Crippen LogP contribution in [0.1, 0.15) is 12.8 Å². The van der Waals surface area contributed by atoms with Gasteiger partial charge in [-0.3, -0.25) is 29.1 Å². The van der Waals surface area contributed by atoms with Crippen molar-refractivity contribution in [3.8, 4) is 22.8 Å². The zero-order valence-corrected chi connectivity index (χ0v) is 18.8. The summed E-state index contributed by atoms with van der Waals surface area (Å²) in [5.41, 5.74) is 6.35. The topological polar surface area (TPSA) is 116 Å². The van der Waals surface area contributed by atoms with Crippen LogP contribution in [-0.2, 0) is 16.6 Å². The van der Waals surface area contributed by atoms with Gasteiger partial charge in [-0.15, -0.1) is 0 Å². The van der Waals surface area contributed by atoms with Crippen LogP contribution in [0.5, 0.6) is 11.5 Å². The minimum absolute atomic E-state index is 0.0322. The van der Waals surface area contributed by atoms with E-state index in [1.165, 1.54) is 29.4 Å². The Labute approximate surface area is 200 Å². The third-order valence-electron chi connectivity index (χ3n) is 5.89.